The lowest BCUT2D eigenvalue weighted by molar-refractivity contribution is -0.122. The molecule has 2 fully saturated rings. The Balaban J connectivity index is 1.55. The van der Waals surface area contributed by atoms with Gasteiger partial charge in [-0.2, -0.15) is 0 Å². The Kier molecular flexibility index (Phi) is 4.75. The van der Waals surface area contributed by atoms with E-state index < -0.39 is 0 Å². The molecule has 1 saturated carbocycles. The average Bonchev–Trinajstić information content (AvgIpc) is 2.92. The van der Waals surface area contributed by atoms with Gasteiger partial charge in [0, 0.05) is 11.3 Å². The van der Waals surface area contributed by atoms with Crippen LogP contribution < -0.4 is 10.2 Å². The fourth-order valence-corrected chi connectivity index (χ4v) is 4.28. The molecule has 5 heteroatoms. The Bertz CT molecular complexity index is 935. The Labute approximate surface area is 164 Å². The van der Waals surface area contributed by atoms with Gasteiger partial charge in [-0.3, -0.25) is 14.4 Å². The van der Waals surface area contributed by atoms with Crippen molar-refractivity contribution in [2.24, 2.45) is 17.8 Å². The molecule has 2 aliphatic rings. The Morgan fingerprint density at radius 3 is 2.46 bits per heavy atom. The second-order valence-corrected chi connectivity index (χ2v) is 8.01. The molecule has 3 amide bonds. The molecule has 0 unspecified atom stereocenters. The van der Waals surface area contributed by atoms with Crippen molar-refractivity contribution in [1.29, 1.82) is 0 Å². The van der Waals surface area contributed by atoms with Gasteiger partial charge in [0.25, 0.3) is 5.91 Å². The number of fused-ring (bicyclic) bond motifs is 1. The molecule has 0 radical (unpaired) electrons. The molecular weight excluding hydrogens is 352 g/mol. The third-order valence-electron chi connectivity index (χ3n) is 5.86. The molecule has 0 spiro atoms. The van der Waals surface area contributed by atoms with Gasteiger partial charge in [-0.25, -0.2) is 4.90 Å². The van der Waals surface area contributed by atoms with Crippen LogP contribution in [0.5, 0.6) is 0 Å². The molecule has 1 aliphatic carbocycles. The van der Waals surface area contributed by atoms with E-state index in [1.165, 1.54) is 4.90 Å². The zero-order valence-corrected chi connectivity index (χ0v) is 16.1. The van der Waals surface area contributed by atoms with E-state index in [9.17, 15) is 14.4 Å². The van der Waals surface area contributed by atoms with Crippen molar-refractivity contribution < 1.29 is 14.4 Å². The third-order valence-corrected chi connectivity index (χ3v) is 5.86. The van der Waals surface area contributed by atoms with Gasteiger partial charge < -0.3 is 5.32 Å². The largest absolute Gasteiger partial charge is 0.322 e. The predicted octanol–water partition coefficient (Wildman–Crippen LogP) is 4.17. The normalized spacial score (nSPS) is 24.2. The number of imide groups is 1. The van der Waals surface area contributed by atoms with Crippen molar-refractivity contribution in [3.8, 4) is 0 Å². The highest BCUT2D eigenvalue weighted by molar-refractivity contribution is 6.22. The van der Waals surface area contributed by atoms with Crippen LogP contribution in [0.25, 0.3) is 0 Å². The smallest absolute Gasteiger partial charge is 0.255 e. The van der Waals surface area contributed by atoms with Crippen molar-refractivity contribution in [2.45, 2.75) is 33.1 Å². The van der Waals surface area contributed by atoms with E-state index in [4.69, 9.17) is 0 Å². The van der Waals surface area contributed by atoms with Gasteiger partial charge in [0.05, 0.1) is 17.5 Å². The Hall–Kier alpha value is -2.95. The number of hydrogen-bond donors (Lipinski definition) is 1. The van der Waals surface area contributed by atoms with Gasteiger partial charge in [0.15, 0.2) is 0 Å². The number of rotatable bonds is 3. The summed E-state index contributed by atoms with van der Waals surface area (Å²) in [6.45, 7) is 4.10. The number of carbonyl (C=O) groups is 3. The lowest BCUT2D eigenvalue weighted by Crippen LogP contribution is -2.31. The van der Waals surface area contributed by atoms with Crippen LogP contribution in [-0.2, 0) is 9.59 Å². The number of aryl methyl sites for hydroxylation is 1. The van der Waals surface area contributed by atoms with Gasteiger partial charge in [-0.1, -0.05) is 30.7 Å². The zero-order chi connectivity index (χ0) is 19.8. The van der Waals surface area contributed by atoms with Crippen LogP contribution in [-0.4, -0.2) is 17.7 Å². The molecule has 144 valence electrons. The van der Waals surface area contributed by atoms with Gasteiger partial charge in [0.2, 0.25) is 11.8 Å². The molecule has 1 aliphatic heterocycles. The van der Waals surface area contributed by atoms with Crippen LogP contribution in [0, 0.1) is 24.7 Å². The minimum atomic E-state index is -0.223. The number of amides is 3. The number of benzene rings is 2. The van der Waals surface area contributed by atoms with E-state index in [0.29, 0.717) is 22.9 Å². The third kappa shape index (κ3) is 3.33. The summed E-state index contributed by atoms with van der Waals surface area (Å²) >= 11 is 0. The quantitative estimate of drug-likeness (QED) is 0.818. The molecular formula is C23H24N2O3. The molecule has 1 N–H and O–H groups in total. The molecule has 1 heterocycles. The number of nitrogens with one attached hydrogen (secondary N) is 1. The van der Waals surface area contributed by atoms with E-state index in [1.54, 1.807) is 36.4 Å². The lowest BCUT2D eigenvalue weighted by Gasteiger charge is -2.25. The molecule has 2 aromatic carbocycles. The highest BCUT2D eigenvalue weighted by atomic mass is 16.2. The topological polar surface area (TPSA) is 66.5 Å². The van der Waals surface area contributed by atoms with Crippen LogP contribution >= 0.6 is 0 Å². The van der Waals surface area contributed by atoms with E-state index in [-0.39, 0.29) is 29.6 Å². The summed E-state index contributed by atoms with van der Waals surface area (Å²) in [6, 6.07) is 14.3. The van der Waals surface area contributed by atoms with Crippen molar-refractivity contribution in [3.05, 3.63) is 59.7 Å². The summed E-state index contributed by atoms with van der Waals surface area (Å²) in [7, 11) is 0. The van der Waals surface area contributed by atoms with Gasteiger partial charge in [0.1, 0.15) is 0 Å². The molecule has 2 aromatic rings. The maximum Gasteiger partial charge on any atom is 0.255 e. The maximum atomic E-state index is 12.9. The van der Waals surface area contributed by atoms with Crippen molar-refractivity contribution in [1.82, 2.24) is 0 Å². The molecule has 1 saturated heterocycles. The van der Waals surface area contributed by atoms with Gasteiger partial charge in [-0.15, -0.1) is 0 Å². The van der Waals surface area contributed by atoms with Crippen LogP contribution in [0.3, 0.4) is 0 Å². The number of hydrogen-bond acceptors (Lipinski definition) is 3. The van der Waals surface area contributed by atoms with Crippen molar-refractivity contribution in [2.75, 3.05) is 10.2 Å². The standard InChI is InChI=1S/C23H24N2O3/c1-14-6-9-16(10-7-14)21(26)24-17-4-3-5-18(13-17)25-22(27)19-11-8-15(2)12-20(19)23(25)28/h3-7,9-10,13,15,19-20H,8,11-12H2,1-2H3,(H,24,26)/t15-,19-,20-/m0/s1. The van der Waals surface area contributed by atoms with E-state index >= 15 is 0 Å². The molecule has 0 aromatic heterocycles. The Morgan fingerprint density at radius 2 is 1.71 bits per heavy atom. The first-order valence-corrected chi connectivity index (χ1v) is 9.80. The van der Waals surface area contributed by atoms with Gasteiger partial charge >= 0.3 is 0 Å². The van der Waals surface area contributed by atoms with Crippen LogP contribution in [0.2, 0.25) is 0 Å². The first-order chi connectivity index (χ1) is 13.4. The fourth-order valence-electron chi connectivity index (χ4n) is 4.28. The second-order valence-electron chi connectivity index (χ2n) is 8.01. The van der Waals surface area contributed by atoms with Crippen molar-refractivity contribution in [3.63, 3.8) is 0 Å². The molecule has 0 bridgehead atoms. The molecule has 3 atom stereocenters. The zero-order valence-electron chi connectivity index (χ0n) is 16.1. The second kappa shape index (κ2) is 7.23. The summed E-state index contributed by atoms with van der Waals surface area (Å²) < 4.78 is 0. The summed E-state index contributed by atoms with van der Waals surface area (Å²) in [5.74, 6) is -0.374. The highest BCUT2D eigenvalue weighted by Crippen LogP contribution is 2.42. The van der Waals surface area contributed by atoms with Crippen LogP contribution in [0.4, 0.5) is 11.4 Å². The number of nitrogens with zero attached hydrogens (tertiary/aromatic N) is 1. The average molecular weight is 376 g/mol. The van der Waals surface area contributed by atoms with Gasteiger partial charge in [-0.05, 0) is 62.4 Å². The van der Waals surface area contributed by atoms with E-state index in [0.717, 1.165) is 24.8 Å². The van der Waals surface area contributed by atoms with Crippen molar-refractivity contribution >= 4 is 29.1 Å². The summed E-state index contributed by atoms with van der Waals surface area (Å²) in [5, 5.41) is 2.85. The molecule has 4 rings (SSSR count). The number of carbonyl (C=O) groups excluding carboxylic acids is 3. The van der Waals surface area contributed by atoms with Crippen LogP contribution in [0.1, 0.15) is 42.1 Å². The minimum Gasteiger partial charge on any atom is -0.322 e. The maximum absolute atomic E-state index is 12.9. The first kappa shape index (κ1) is 18.4. The van der Waals surface area contributed by atoms with E-state index in [1.807, 2.05) is 19.1 Å². The summed E-state index contributed by atoms with van der Waals surface area (Å²) in [6.07, 6.45) is 2.53. The van der Waals surface area contributed by atoms with Crippen LogP contribution in [0.15, 0.2) is 48.5 Å². The molecule has 5 nitrogen and oxygen atoms in total. The predicted molar refractivity (Wildman–Crippen MR) is 108 cm³/mol. The minimum absolute atomic E-state index is 0.107. The SMILES string of the molecule is Cc1ccc(C(=O)Nc2cccc(N3C(=O)[C@H]4CC[C@H](C)C[C@@H]4C3=O)c2)cc1. The highest BCUT2D eigenvalue weighted by Gasteiger charge is 2.49. The monoisotopic (exact) mass is 376 g/mol. The lowest BCUT2D eigenvalue weighted by atomic mass is 9.76. The summed E-state index contributed by atoms with van der Waals surface area (Å²) in [5.41, 5.74) is 2.73. The number of anilines is 2. The van der Waals surface area contributed by atoms with E-state index in [2.05, 4.69) is 12.2 Å². The Morgan fingerprint density at radius 1 is 1.00 bits per heavy atom. The first-order valence-electron chi connectivity index (χ1n) is 9.80. The molecule has 28 heavy (non-hydrogen) atoms. The summed E-state index contributed by atoms with van der Waals surface area (Å²) in [4.78, 5) is 39.5. The fraction of sp³-hybridized carbons (Fsp3) is 0.348.